The van der Waals surface area contributed by atoms with Gasteiger partial charge in [0.15, 0.2) is 74.7 Å². The summed E-state index contributed by atoms with van der Waals surface area (Å²) in [5.41, 5.74) is 0. The van der Waals surface area contributed by atoms with Crippen LogP contribution in [-0.4, -0.2) is 352 Å². The third-order valence-corrected chi connectivity index (χ3v) is 19.6. The number of rotatable bonds is 25. The number of carbonyl (C=O) groups is 4. The maximum Gasteiger partial charge on any atom is 0.335 e. The van der Waals surface area contributed by atoms with E-state index in [2.05, 4.69) is 4.89 Å². The number of hydrogen-bond donors (Lipinski definition) is 18. The van der Waals surface area contributed by atoms with Crippen molar-refractivity contribution in [1.29, 1.82) is 0 Å². The number of carboxylic acid groups (broad SMARTS) is 4. The first-order valence-electron chi connectivity index (χ1n) is 31.5. The Kier molecular flexibility index (Phi) is 27.1. The number of aliphatic hydroxyl groups excluding tert-OH is 13. The van der Waals surface area contributed by atoms with Crippen LogP contribution in [0.15, 0.2) is 0 Å². The molecule has 0 aromatic carbocycles. The fourth-order valence-corrected chi connectivity index (χ4v) is 13.3. The fraction of sp³-hybridized carbons (Fsp3) is 0.930. The third kappa shape index (κ3) is 16.0. The molecular formula is C57H92O39. The van der Waals surface area contributed by atoms with Crippen LogP contribution in [0.3, 0.4) is 0 Å². The molecule has 0 aromatic rings. The molecular weight excluding hydrogens is 1310 g/mol. The lowest BCUT2D eigenvalue weighted by Gasteiger charge is -2.50. The molecule has 0 aromatic heterocycles. The average Bonchev–Trinajstić information content (AvgIpc) is 0.779. The molecule has 40 atom stereocenters. The molecule has 554 valence electrons. The molecule has 40 unspecified atom stereocenters. The molecule has 8 aliphatic heterocycles. The summed E-state index contributed by atoms with van der Waals surface area (Å²) in [5, 5.41) is 193. The van der Waals surface area contributed by atoms with E-state index < -0.39 is 295 Å². The highest BCUT2D eigenvalue weighted by Crippen LogP contribution is 2.43. The molecule has 8 saturated heterocycles. The summed E-state index contributed by atoms with van der Waals surface area (Å²) in [6, 6.07) is 0. The molecule has 0 saturated carbocycles. The Bertz CT molecular complexity index is 2520. The van der Waals surface area contributed by atoms with Gasteiger partial charge in [-0.3, -0.25) is 5.26 Å². The van der Waals surface area contributed by atoms with E-state index in [0.29, 0.717) is 0 Å². The number of ether oxygens (including phenoxy) is 16. The van der Waals surface area contributed by atoms with Gasteiger partial charge in [-0.25, -0.2) is 24.1 Å². The van der Waals surface area contributed by atoms with E-state index in [-0.39, 0.29) is 6.61 Å². The lowest BCUT2D eigenvalue weighted by atomic mass is 9.83. The summed E-state index contributed by atoms with van der Waals surface area (Å²) in [7, 11) is 0. The van der Waals surface area contributed by atoms with E-state index in [1.54, 1.807) is 20.8 Å². The molecule has 0 aliphatic carbocycles. The smallest absolute Gasteiger partial charge is 0.335 e. The second-order valence-electron chi connectivity index (χ2n) is 25.6. The van der Waals surface area contributed by atoms with Gasteiger partial charge in [0.05, 0.1) is 50.8 Å². The number of hydrogen-bond acceptors (Lipinski definition) is 35. The van der Waals surface area contributed by atoms with Crippen LogP contribution >= 0.6 is 0 Å². The Hall–Kier alpha value is -3.36. The van der Waals surface area contributed by atoms with E-state index in [4.69, 9.17) is 75.8 Å². The maximum atomic E-state index is 12.9. The van der Waals surface area contributed by atoms with Crippen LogP contribution in [0.25, 0.3) is 0 Å². The fourth-order valence-electron chi connectivity index (χ4n) is 13.3. The van der Waals surface area contributed by atoms with Crippen LogP contribution in [0.1, 0.15) is 55.4 Å². The average molecular weight is 1400 g/mol. The highest BCUT2D eigenvalue weighted by Gasteiger charge is 2.60. The highest BCUT2D eigenvalue weighted by molar-refractivity contribution is 5.75. The van der Waals surface area contributed by atoms with Crippen molar-refractivity contribution in [2.75, 3.05) is 33.0 Å². The maximum absolute atomic E-state index is 12.9. The largest absolute Gasteiger partial charge is 0.479 e. The monoisotopic (exact) mass is 1400 g/mol. The lowest BCUT2D eigenvalue weighted by molar-refractivity contribution is -0.394. The Morgan fingerprint density at radius 1 is 0.292 bits per heavy atom. The van der Waals surface area contributed by atoms with E-state index in [0.717, 1.165) is 0 Å². The molecule has 8 fully saturated rings. The van der Waals surface area contributed by atoms with Gasteiger partial charge < -0.3 is 163 Å². The molecule has 8 aliphatic rings. The van der Waals surface area contributed by atoms with Gasteiger partial charge in [0.2, 0.25) is 0 Å². The van der Waals surface area contributed by atoms with Gasteiger partial charge in [-0.1, -0.05) is 48.5 Å². The summed E-state index contributed by atoms with van der Waals surface area (Å²) >= 11 is 0. The minimum absolute atomic E-state index is 0.0821. The van der Waals surface area contributed by atoms with Gasteiger partial charge in [-0.2, -0.15) is 0 Å². The predicted molar refractivity (Wildman–Crippen MR) is 300 cm³/mol. The van der Waals surface area contributed by atoms with Crippen molar-refractivity contribution in [2.24, 2.45) is 41.4 Å². The number of carboxylic acids is 4. The van der Waals surface area contributed by atoms with Gasteiger partial charge in [-0.15, -0.1) is 0 Å². The summed E-state index contributed by atoms with van der Waals surface area (Å²) < 4.78 is 93.3. The molecule has 0 bridgehead atoms. The van der Waals surface area contributed by atoms with Crippen molar-refractivity contribution in [3.63, 3.8) is 0 Å². The third-order valence-electron chi connectivity index (χ3n) is 19.6. The highest BCUT2D eigenvalue weighted by atomic mass is 17.1. The van der Waals surface area contributed by atoms with Gasteiger partial charge in [-0.05, 0) is 18.8 Å². The topological polar surface area (TPSA) is 589 Å². The first kappa shape index (κ1) is 78.4. The van der Waals surface area contributed by atoms with Crippen LogP contribution in [0, 0.1) is 41.4 Å². The minimum Gasteiger partial charge on any atom is -0.479 e. The molecule has 96 heavy (non-hydrogen) atoms. The Morgan fingerprint density at radius 3 is 0.927 bits per heavy atom. The second kappa shape index (κ2) is 33.2. The second-order valence-corrected chi connectivity index (χ2v) is 25.6. The lowest BCUT2D eigenvalue weighted by Crippen LogP contribution is -2.67. The molecule has 8 heterocycles. The molecule has 0 radical (unpaired) electrons. The Labute approximate surface area is 547 Å². The van der Waals surface area contributed by atoms with Crippen molar-refractivity contribution in [3.8, 4) is 0 Å². The summed E-state index contributed by atoms with van der Waals surface area (Å²) in [6.07, 6.45) is -58.3. The normalized spacial score (nSPS) is 50.4. The van der Waals surface area contributed by atoms with Crippen molar-refractivity contribution in [2.45, 2.75) is 258 Å². The van der Waals surface area contributed by atoms with E-state index >= 15 is 0 Å². The summed E-state index contributed by atoms with van der Waals surface area (Å²) in [4.78, 5) is 55.3. The van der Waals surface area contributed by atoms with Crippen molar-refractivity contribution >= 4 is 23.9 Å². The quantitative estimate of drug-likeness (QED) is 0.0298. The van der Waals surface area contributed by atoms with Gasteiger partial charge in [0, 0.05) is 36.2 Å². The van der Waals surface area contributed by atoms with Crippen LogP contribution in [0.2, 0.25) is 0 Å². The number of aliphatic carboxylic acids is 4. The zero-order valence-electron chi connectivity index (χ0n) is 53.3. The first-order chi connectivity index (χ1) is 45.3. The van der Waals surface area contributed by atoms with Gasteiger partial charge in [0.1, 0.15) is 104 Å². The summed E-state index contributed by atoms with van der Waals surface area (Å²) in [6.45, 7) is 8.66. The van der Waals surface area contributed by atoms with E-state index in [9.17, 15) is 111 Å². The van der Waals surface area contributed by atoms with Crippen LogP contribution in [0.4, 0.5) is 0 Å². The van der Waals surface area contributed by atoms with E-state index in [1.807, 2.05) is 0 Å². The summed E-state index contributed by atoms with van der Waals surface area (Å²) in [5.74, 6) is -13.3. The van der Waals surface area contributed by atoms with E-state index in [1.165, 1.54) is 34.6 Å². The Morgan fingerprint density at radius 2 is 0.583 bits per heavy atom. The zero-order chi connectivity index (χ0) is 71.0. The molecule has 39 nitrogen and oxygen atoms in total. The zero-order valence-corrected chi connectivity index (χ0v) is 53.3. The predicted octanol–water partition coefficient (Wildman–Crippen LogP) is -7.61. The van der Waals surface area contributed by atoms with Crippen molar-refractivity contribution < 1.29 is 192 Å². The number of aliphatic hydroxyl groups is 13. The first-order valence-corrected chi connectivity index (χ1v) is 31.5. The van der Waals surface area contributed by atoms with Crippen molar-refractivity contribution in [3.05, 3.63) is 0 Å². The van der Waals surface area contributed by atoms with Crippen LogP contribution in [0.5, 0.6) is 0 Å². The van der Waals surface area contributed by atoms with Crippen LogP contribution in [-0.2, 0) is 99.9 Å². The van der Waals surface area contributed by atoms with Gasteiger partial charge >= 0.3 is 23.9 Å². The molecule has 0 spiro atoms. The van der Waals surface area contributed by atoms with Crippen molar-refractivity contribution in [1.82, 2.24) is 0 Å². The molecule has 39 heteroatoms. The SMILES string of the molecule is CCOC1OC(C(=O)O)C(OC2OC(CO)C(OC3OC(C(=O)O)C(OC4OC(CO)C(OC5OC(C(=O)O)C(OC6OC(CO)C(OC7OC(C(=O)O)C(OC8OC(CO)C(O)C(O)C8C)C(O)C7O)C(O)C6C)C(O)C5O)C(C)C4C)C(O)C3O)C(C)C2C)C(C)C1OO. The molecule has 8 rings (SSSR count). The minimum atomic E-state index is -2.23. The molecule has 0 amide bonds. The molecule has 18 N–H and O–H groups in total. The Balaban J connectivity index is 0.877. The van der Waals surface area contributed by atoms with Crippen LogP contribution < -0.4 is 0 Å². The van der Waals surface area contributed by atoms with Gasteiger partial charge in [0.25, 0.3) is 0 Å². The standard InChI is InChI=1S/C57H92O39/c1-9-80-57-37(96-79)20(8)36(42(95-57)46(71)72)87-50-16(4)14(2)34(22(11-59)82-50)85-54-31(68)28(65)39(43(92-54)47(73)74)89-51-17(5)15(3)35(23(12-60)83-51)86-55-32(69)29(66)41(44(93-55)48(75)76)91-53-19(7)26(63)38(24(13-61)84-53)88-56-33(70)30(67)40(45(94-56)49(77)78)90-52-18(6)25(62)27(64)21(10-58)81-52/h14-45,50-70,79H,9-13H2,1-8H3,(H,71,72)(H,73,74)(H,75,76)(H,77,78).